The quantitative estimate of drug-likeness (QED) is 0.538. The molecule has 0 unspecified atom stereocenters. The number of carbonyl (C=O) groups is 1. The number of rotatable bonds is 5. The van der Waals surface area contributed by atoms with Crippen molar-refractivity contribution in [1.29, 1.82) is 0 Å². The fourth-order valence-corrected chi connectivity index (χ4v) is 2.87. The Morgan fingerprint density at radius 1 is 1.26 bits per heavy atom. The third kappa shape index (κ3) is 5.35. The summed E-state index contributed by atoms with van der Waals surface area (Å²) >= 11 is 0. The molecule has 1 amide bonds. The highest BCUT2D eigenvalue weighted by Gasteiger charge is 2.33. The molecule has 7 heteroatoms. The minimum Gasteiger partial charge on any atom is -0.380 e. The van der Waals surface area contributed by atoms with Gasteiger partial charge >= 0.3 is 0 Å². The van der Waals surface area contributed by atoms with Crippen LogP contribution in [0.5, 0.6) is 0 Å². The van der Waals surface area contributed by atoms with Crippen LogP contribution in [0.15, 0.2) is 4.99 Å². The second-order valence-corrected chi connectivity index (χ2v) is 7.19. The Labute approximate surface area is 139 Å². The first-order chi connectivity index (χ1) is 10.9. The average molecular weight is 325 g/mol. The fraction of sp³-hybridized carbons (Fsp3) is 0.875. The van der Waals surface area contributed by atoms with Crippen LogP contribution in [0.2, 0.25) is 0 Å². The molecule has 2 aliphatic heterocycles. The normalized spacial score (nSPS) is 22.0. The maximum Gasteiger partial charge on any atom is 0.234 e. The topological polar surface area (TPSA) is 69.2 Å². The molecule has 2 rings (SSSR count). The van der Waals surface area contributed by atoms with Gasteiger partial charge in [-0.2, -0.15) is 0 Å². The minimum atomic E-state index is 0.105. The molecule has 132 valence electrons. The first-order valence-electron chi connectivity index (χ1n) is 8.47. The molecule has 0 saturated carbocycles. The van der Waals surface area contributed by atoms with Crippen molar-refractivity contribution >= 4 is 11.9 Å². The molecule has 0 aromatic heterocycles. The summed E-state index contributed by atoms with van der Waals surface area (Å²) in [7, 11) is 1.82. The third-order valence-electron chi connectivity index (χ3n) is 4.27. The SMILES string of the molecule is CN=C(NCC1(C)COC1)N1CCN(CC(=O)NC(C)C)CC1. The minimum absolute atomic E-state index is 0.105. The molecule has 2 heterocycles. The lowest BCUT2D eigenvalue weighted by Gasteiger charge is -2.40. The van der Waals surface area contributed by atoms with Crippen LogP contribution >= 0.6 is 0 Å². The van der Waals surface area contributed by atoms with Gasteiger partial charge < -0.3 is 20.3 Å². The predicted molar refractivity (Wildman–Crippen MR) is 91.6 cm³/mol. The number of hydrogen-bond acceptors (Lipinski definition) is 4. The van der Waals surface area contributed by atoms with Crippen molar-refractivity contribution in [3.8, 4) is 0 Å². The van der Waals surface area contributed by atoms with Crippen molar-refractivity contribution in [3.63, 3.8) is 0 Å². The van der Waals surface area contributed by atoms with E-state index in [0.717, 1.165) is 51.9 Å². The van der Waals surface area contributed by atoms with Crippen LogP contribution < -0.4 is 10.6 Å². The predicted octanol–water partition coefficient (Wildman–Crippen LogP) is -0.259. The Hall–Kier alpha value is -1.34. The fourth-order valence-electron chi connectivity index (χ4n) is 2.87. The van der Waals surface area contributed by atoms with Crippen LogP contribution in [0.4, 0.5) is 0 Å². The van der Waals surface area contributed by atoms with Crippen LogP contribution in [0, 0.1) is 5.41 Å². The molecule has 0 atom stereocenters. The lowest BCUT2D eigenvalue weighted by molar-refractivity contribution is -0.123. The highest BCUT2D eigenvalue weighted by atomic mass is 16.5. The molecule has 2 aliphatic rings. The molecule has 0 radical (unpaired) electrons. The van der Waals surface area contributed by atoms with Crippen molar-refractivity contribution in [2.75, 3.05) is 59.5 Å². The van der Waals surface area contributed by atoms with Gasteiger partial charge in [-0.1, -0.05) is 6.92 Å². The summed E-state index contributed by atoms with van der Waals surface area (Å²) < 4.78 is 5.29. The van der Waals surface area contributed by atoms with Crippen molar-refractivity contribution < 1.29 is 9.53 Å². The van der Waals surface area contributed by atoms with E-state index in [9.17, 15) is 4.79 Å². The maximum absolute atomic E-state index is 11.8. The summed E-state index contributed by atoms with van der Waals surface area (Å²) in [6.07, 6.45) is 0. The zero-order valence-electron chi connectivity index (χ0n) is 14.9. The molecule has 0 aliphatic carbocycles. The summed E-state index contributed by atoms with van der Waals surface area (Å²) in [6, 6.07) is 0.198. The summed E-state index contributed by atoms with van der Waals surface area (Å²) in [4.78, 5) is 20.7. The van der Waals surface area contributed by atoms with E-state index >= 15 is 0 Å². The standard InChI is InChI=1S/C16H31N5O2/c1-13(2)19-14(22)9-20-5-7-21(8-6-20)15(17-4)18-10-16(3)11-23-12-16/h13H,5-12H2,1-4H3,(H,17,18)(H,19,22). The first kappa shape index (κ1) is 18.0. The van der Waals surface area contributed by atoms with Gasteiger partial charge in [0, 0.05) is 51.2 Å². The molecular weight excluding hydrogens is 294 g/mol. The van der Waals surface area contributed by atoms with Gasteiger partial charge in [0.15, 0.2) is 5.96 Å². The van der Waals surface area contributed by atoms with Gasteiger partial charge in [0.05, 0.1) is 19.8 Å². The molecule has 2 saturated heterocycles. The van der Waals surface area contributed by atoms with Crippen LogP contribution in [0.1, 0.15) is 20.8 Å². The zero-order valence-corrected chi connectivity index (χ0v) is 14.9. The van der Waals surface area contributed by atoms with Crippen molar-refractivity contribution in [2.45, 2.75) is 26.8 Å². The number of aliphatic imine (C=N–C) groups is 1. The monoisotopic (exact) mass is 325 g/mol. The number of nitrogens with one attached hydrogen (secondary N) is 2. The van der Waals surface area contributed by atoms with Crippen LogP contribution in [-0.2, 0) is 9.53 Å². The Kier molecular flexibility index (Phi) is 6.24. The van der Waals surface area contributed by atoms with E-state index in [1.807, 2.05) is 20.9 Å². The molecule has 2 N–H and O–H groups in total. The maximum atomic E-state index is 11.8. The van der Waals surface area contributed by atoms with Crippen molar-refractivity contribution in [1.82, 2.24) is 20.4 Å². The van der Waals surface area contributed by atoms with Crippen molar-refractivity contribution in [2.24, 2.45) is 10.4 Å². The van der Waals surface area contributed by atoms with Gasteiger partial charge in [0.1, 0.15) is 0 Å². The molecule has 0 spiro atoms. The molecule has 0 aromatic rings. The Morgan fingerprint density at radius 2 is 1.91 bits per heavy atom. The third-order valence-corrected chi connectivity index (χ3v) is 4.27. The Balaban J connectivity index is 1.72. The van der Waals surface area contributed by atoms with Crippen LogP contribution in [-0.4, -0.2) is 87.2 Å². The number of amides is 1. The van der Waals surface area contributed by atoms with Crippen LogP contribution in [0.25, 0.3) is 0 Å². The van der Waals surface area contributed by atoms with Crippen molar-refractivity contribution in [3.05, 3.63) is 0 Å². The highest BCUT2D eigenvalue weighted by molar-refractivity contribution is 5.80. The van der Waals surface area contributed by atoms with E-state index in [-0.39, 0.29) is 17.4 Å². The molecule has 0 aromatic carbocycles. The number of piperazine rings is 1. The van der Waals surface area contributed by atoms with E-state index < -0.39 is 0 Å². The molecule has 2 fully saturated rings. The number of nitrogens with zero attached hydrogens (tertiary/aromatic N) is 3. The molecule has 23 heavy (non-hydrogen) atoms. The number of ether oxygens (including phenoxy) is 1. The Morgan fingerprint density at radius 3 is 2.39 bits per heavy atom. The van der Waals surface area contributed by atoms with E-state index in [2.05, 4.69) is 32.3 Å². The second-order valence-electron chi connectivity index (χ2n) is 7.19. The number of guanidine groups is 1. The lowest BCUT2D eigenvalue weighted by atomic mass is 9.89. The van der Waals surface area contributed by atoms with E-state index in [0.29, 0.717) is 6.54 Å². The molecule has 0 bridgehead atoms. The molecular formula is C16H31N5O2. The van der Waals surface area contributed by atoms with E-state index in [4.69, 9.17) is 4.74 Å². The Bertz CT molecular complexity index is 426. The molecule has 7 nitrogen and oxygen atoms in total. The van der Waals surface area contributed by atoms with Gasteiger partial charge in [-0.05, 0) is 13.8 Å². The average Bonchev–Trinajstić information content (AvgIpc) is 2.46. The van der Waals surface area contributed by atoms with E-state index in [1.54, 1.807) is 0 Å². The zero-order chi connectivity index (χ0) is 16.9. The van der Waals surface area contributed by atoms with Gasteiger partial charge in [0.2, 0.25) is 5.91 Å². The largest absolute Gasteiger partial charge is 0.380 e. The summed E-state index contributed by atoms with van der Waals surface area (Å²) in [5.41, 5.74) is 0.229. The second kappa shape index (κ2) is 7.97. The van der Waals surface area contributed by atoms with Gasteiger partial charge in [0.25, 0.3) is 0 Å². The van der Waals surface area contributed by atoms with Gasteiger partial charge in [-0.15, -0.1) is 0 Å². The van der Waals surface area contributed by atoms with Crippen LogP contribution in [0.3, 0.4) is 0 Å². The summed E-state index contributed by atoms with van der Waals surface area (Å²) in [5, 5.41) is 6.40. The summed E-state index contributed by atoms with van der Waals surface area (Å²) in [5.74, 6) is 1.05. The summed E-state index contributed by atoms with van der Waals surface area (Å²) in [6.45, 7) is 12.7. The first-order valence-corrected chi connectivity index (χ1v) is 8.47. The van der Waals surface area contributed by atoms with Gasteiger partial charge in [-0.3, -0.25) is 14.7 Å². The smallest absolute Gasteiger partial charge is 0.234 e. The van der Waals surface area contributed by atoms with E-state index in [1.165, 1.54) is 0 Å². The lowest BCUT2D eigenvalue weighted by Crippen LogP contribution is -2.56. The number of hydrogen-bond donors (Lipinski definition) is 2. The highest BCUT2D eigenvalue weighted by Crippen LogP contribution is 2.25. The van der Waals surface area contributed by atoms with Gasteiger partial charge in [-0.25, -0.2) is 0 Å². The number of carbonyl (C=O) groups excluding carboxylic acids is 1.